The van der Waals surface area contributed by atoms with E-state index in [9.17, 15) is 0 Å². The quantitative estimate of drug-likeness (QED) is 0.616. The molecule has 1 N–H and O–H groups in total. The lowest BCUT2D eigenvalue weighted by Crippen LogP contribution is -2.00. The molecule has 0 spiro atoms. The Morgan fingerprint density at radius 2 is 2.25 bits per heavy atom. The monoisotopic (exact) mass is 242 g/mol. The van der Waals surface area contributed by atoms with Crippen LogP contribution in [0.4, 0.5) is 0 Å². The number of hydrogen-bond acceptors (Lipinski definition) is 3. The number of halogens is 1. The van der Waals surface area contributed by atoms with Crippen LogP contribution in [0, 0.1) is 0 Å². The van der Waals surface area contributed by atoms with Crippen LogP contribution in [-0.2, 0) is 6.61 Å². The second-order valence-electron chi connectivity index (χ2n) is 3.19. The van der Waals surface area contributed by atoms with Crippen molar-refractivity contribution in [3.63, 3.8) is 0 Å². The zero-order chi connectivity index (χ0) is 12.0. The first-order chi connectivity index (χ1) is 7.72. The van der Waals surface area contributed by atoms with Gasteiger partial charge < -0.3 is 14.6 Å². The third kappa shape index (κ3) is 3.15. The number of aliphatic hydroxyl groups is 1. The molecule has 1 rings (SSSR count). The summed E-state index contributed by atoms with van der Waals surface area (Å²) in [4.78, 5) is 0. The lowest BCUT2D eigenvalue weighted by atomic mass is 10.2. The van der Waals surface area contributed by atoms with Crippen LogP contribution in [0.3, 0.4) is 0 Å². The Hall–Kier alpha value is -1.19. The van der Waals surface area contributed by atoms with Crippen LogP contribution in [-0.4, -0.2) is 18.8 Å². The molecule has 0 amide bonds. The zero-order valence-electron chi connectivity index (χ0n) is 9.20. The molecule has 0 saturated heterocycles. The third-order valence-electron chi connectivity index (χ3n) is 2.04. The molecular formula is C12H15ClO3. The minimum Gasteiger partial charge on any atom is -0.493 e. The number of benzene rings is 1. The van der Waals surface area contributed by atoms with E-state index in [2.05, 4.69) is 6.58 Å². The summed E-state index contributed by atoms with van der Waals surface area (Å²) in [7, 11) is 1.53. The van der Waals surface area contributed by atoms with Crippen molar-refractivity contribution in [3.05, 3.63) is 35.4 Å². The van der Waals surface area contributed by atoms with Crippen molar-refractivity contribution in [3.8, 4) is 11.5 Å². The Bertz CT molecular complexity index is 364. The fourth-order valence-electron chi connectivity index (χ4n) is 1.25. The molecule has 0 aliphatic rings. The molecule has 0 radical (unpaired) electrons. The van der Waals surface area contributed by atoms with Gasteiger partial charge in [0.2, 0.25) is 0 Å². The SMILES string of the molecule is C=CCCOc1c(Cl)cc(CO)cc1OC. The van der Waals surface area contributed by atoms with E-state index in [0.717, 1.165) is 6.42 Å². The zero-order valence-corrected chi connectivity index (χ0v) is 9.96. The molecule has 4 heteroatoms. The highest BCUT2D eigenvalue weighted by Gasteiger charge is 2.11. The van der Waals surface area contributed by atoms with Crippen molar-refractivity contribution >= 4 is 11.6 Å². The number of rotatable bonds is 6. The molecule has 1 aromatic rings. The van der Waals surface area contributed by atoms with E-state index in [1.165, 1.54) is 7.11 Å². The molecule has 0 unspecified atom stereocenters. The van der Waals surface area contributed by atoms with E-state index in [4.69, 9.17) is 26.2 Å². The van der Waals surface area contributed by atoms with Gasteiger partial charge in [0, 0.05) is 0 Å². The second-order valence-corrected chi connectivity index (χ2v) is 3.60. The second kappa shape index (κ2) is 6.40. The van der Waals surface area contributed by atoms with Crippen LogP contribution in [0.25, 0.3) is 0 Å². The van der Waals surface area contributed by atoms with E-state index in [1.807, 2.05) is 0 Å². The van der Waals surface area contributed by atoms with Crippen LogP contribution in [0.15, 0.2) is 24.8 Å². The molecule has 3 nitrogen and oxygen atoms in total. The van der Waals surface area contributed by atoms with E-state index in [0.29, 0.717) is 28.7 Å². The first-order valence-corrected chi connectivity index (χ1v) is 5.31. The van der Waals surface area contributed by atoms with Crippen molar-refractivity contribution in [2.45, 2.75) is 13.0 Å². The van der Waals surface area contributed by atoms with Crippen LogP contribution in [0.2, 0.25) is 5.02 Å². The van der Waals surface area contributed by atoms with Crippen LogP contribution < -0.4 is 9.47 Å². The maximum absolute atomic E-state index is 9.02. The fourth-order valence-corrected chi connectivity index (χ4v) is 1.54. The van der Waals surface area contributed by atoms with Crippen molar-refractivity contribution < 1.29 is 14.6 Å². The minimum absolute atomic E-state index is 0.0803. The van der Waals surface area contributed by atoms with Gasteiger partial charge in [-0.2, -0.15) is 0 Å². The first-order valence-electron chi connectivity index (χ1n) is 4.94. The summed E-state index contributed by atoms with van der Waals surface area (Å²) >= 11 is 6.03. The summed E-state index contributed by atoms with van der Waals surface area (Å²) in [5.74, 6) is 1.03. The van der Waals surface area contributed by atoms with Gasteiger partial charge in [-0.1, -0.05) is 17.7 Å². The van der Waals surface area contributed by atoms with Crippen molar-refractivity contribution in [1.29, 1.82) is 0 Å². The van der Waals surface area contributed by atoms with Gasteiger partial charge in [0.25, 0.3) is 0 Å². The Morgan fingerprint density at radius 3 is 2.81 bits per heavy atom. The Morgan fingerprint density at radius 1 is 1.50 bits per heavy atom. The van der Waals surface area contributed by atoms with Gasteiger partial charge in [-0.15, -0.1) is 6.58 Å². The summed E-state index contributed by atoms with van der Waals surface area (Å²) in [6.07, 6.45) is 2.50. The van der Waals surface area contributed by atoms with Gasteiger partial charge in [0.05, 0.1) is 25.3 Å². The summed E-state index contributed by atoms with van der Waals surface area (Å²) in [5, 5.41) is 9.46. The molecule has 0 bridgehead atoms. The van der Waals surface area contributed by atoms with Crippen molar-refractivity contribution in [2.24, 2.45) is 0 Å². The largest absolute Gasteiger partial charge is 0.493 e. The lowest BCUT2D eigenvalue weighted by molar-refractivity contribution is 0.278. The molecule has 0 aliphatic heterocycles. The Labute approximate surface area is 100 Å². The summed E-state index contributed by atoms with van der Waals surface area (Å²) in [6, 6.07) is 3.36. The number of aliphatic hydroxyl groups excluding tert-OH is 1. The fraction of sp³-hybridized carbons (Fsp3) is 0.333. The van der Waals surface area contributed by atoms with Gasteiger partial charge in [0.15, 0.2) is 11.5 Å². The maximum Gasteiger partial charge on any atom is 0.179 e. The first kappa shape index (κ1) is 12.9. The molecule has 0 aliphatic carbocycles. The predicted octanol–water partition coefficient (Wildman–Crippen LogP) is 2.80. The Balaban J connectivity index is 2.92. The maximum atomic E-state index is 9.02. The molecule has 16 heavy (non-hydrogen) atoms. The normalized spacial score (nSPS) is 9.94. The average molecular weight is 243 g/mol. The topological polar surface area (TPSA) is 38.7 Å². The molecule has 88 valence electrons. The molecule has 0 fully saturated rings. The van der Waals surface area contributed by atoms with Gasteiger partial charge in [-0.05, 0) is 24.1 Å². The van der Waals surface area contributed by atoms with Gasteiger partial charge in [-0.3, -0.25) is 0 Å². The third-order valence-corrected chi connectivity index (χ3v) is 2.32. The van der Waals surface area contributed by atoms with Crippen molar-refractivity contribution in [2.75, 3.05) is 13.7 Å². The van der Waals surface area contributed by atoms with E-state index < -0.39 is 0 Å². The van der Waals surface area contributed by atoms with Gasteiger partial charge >= 0.3 is 0 Å². The molecule has 0 heterocycles. The van der Waals surface area contributed by atoms with Crippen LogP contribution in [0.1, 0.15) is 12.0 Å². The smallest absolute Gasteiger partial charge is 0.179 e. The molecular weight excluding hydrogens is 228 g/mol. The van der Waals surface area contributed by atoms with E-state index in [1.54, 1.807) is 18.2 Å². The van der Waals surface area contributed by atoms with Gasteiger partial charge in [0.1, 0.15) is 0 Å². The number of ether oxygens (including phenoxy) is 2. The lowest BCUT2D eigenvalue weighted by Gasteiger charge is -2.13. The summed E-state index contributed by atoms with van der Waals surface area (Å²) in [6.45, 7) is 4.02. The molecule has 0 aromatic heterocycles. The standard InChI is InChI=1S/C12H15ClO3/c1-3-4-5-16-12-10(13)6-9(8-14)7-11(12)15-2/h3,6-7,14H,1,4-5,8H2,2H3. The number of methoxy groups -OCH3 is 1. The van der Waals surface area contributed by atoms with E-state index in [-0.39, 0.29) is 6.61 Å². The highest BCUT2D eigenvalue weighted by Crippen LogP contribution is 2.36. The Kier molecular flexibility index (Phi) is 5.15. The van der Waals surface area contributed by atoms with Gasteiger partial charge in [-0.25, -0.2) is 0 Å². The predicted molar refractivity (Wildman–Crippen MR) is 64.2 cm³/mol. The van der Waals surface area contributed by atoms with Crippen molar-refractivity contribution in [1.82, 2.24) is 0 Å². The minimum atomic E-state index is -0.0803. The highest BCUT2D eigenvalue weighted by atomic mass is 35.5. The average Bonchev–Trinajstić information content (AvgIpc) is 2.30. The highest BCUT2D eigenvalue weighted by molar-refractivity contribution is 6.32. The molecule has 1 aromatic carbocycles. The molecule has 0 atom stereocenters. The molecule has 0 saturated carbocycles. The van der Waals surface area contributed by atoms with Crippen LogP contribution in [0.5, 0.6) is 11.5 Å². The summed E-state index contributed by atoms with van der Waals surface area (Å²) in [5.41, 5.74) is 0.693. The van der Waals surface area contributed by atoms with Crippen LogP contribution >= 0.6 is 11.6 Å². The summed E-state index contributed by atoms with van der Waals surface area (Å²) < 4.78 is 10.6. The van der Waals surface area contributed by atoms with E-state index >= 15 is 0 Å². The number of hydrogen-bond donors (Lipinski definition) is 1.